The van der Waals surface area contributed by atoms with Crippen LogP contribution in [0.25, 0.3) is 5.52 Å². The van der Waals surface area contributed by atoms with Crippen molar-refractivity contribution in [1.29, 1.82) is 0 Å². The molecular weight excluding hydrogens is 382 g/mol. The minimum Gasteiger partial charge on any atom is -0.461 e. The van der Waals surface area contributed by atoms with Gasteiger partial charge in [0.05, 0.1) is 11.5 Å². The van der Waals surface area contributed by atoms with Crippen molar-refractivity contribution in [2.75, 3.05) is 32.7 Å². The van der Waals surface area contributed by atoms with Crippen LogP contribution in [0.5, 0.6) is 0 Å². The van der Waals surface area contributed by atoms with Gasteiger partial charge in [0, 0.05) is 50.9 Å². The number of amides is 1. The number of rotatable bonds is 3. The molecule has 7 heteroatoms. The Kier molecular flexibility index (Phi) is 5.03. The zero-order valence-corrected chi connectivity index (χ0v) is 17.2. The third kappa shape index (κ3) is 3.50. The Morgan fingerprint density at radius 2 is 1.87 bits per heavy atom. The lowest BCUT2D eigenvalue weighted by Crippen LogP contribution is -2.45. The smallest absolute Gasteiger partial charge is 0.312 e. The molecule has 2 aromatic heterocycles. The van der Waals surface area contributed by atoms with E-state index in [1.54, 1.807) is 0 Å². The second-order valence-electron chi connectivity index (χ2n) is 9.05. The van der Waals surface area contributed by atoms with Gasteiger partial charge in [0.1, 0.15) is 11.8 Å². The predicted molar refractivity (Wildman–Crippen MR) is 111 cm³/mol. The van der Waals surface area contributed by atoms with Crippen molar-refractivity contribution in [3.05, 3.63) is 42.2 Å². The molecule has 1 amide bonds. The van der Waals surface area contributed by atoms with Gasteiger partial charge in [-0.1, -0.05) is 6.07 Å². The molecule has 5 heterocycles. The van der Waals surface area contributed by atoms with Gasteiger partial charge in [-0.05, 0) is 49.9 Å². The molecule has 2 aromatic rings. The fourth-order valence-corrected chi connectivity index (χ4v) is 5.27. The molecule has 30 heavy (non-hydrogen) atoms. The molecule has 0 aliphatic carbocycles. The van der Waals surface area contributed by atoms with Gasteiger partial charge in [0.15, 0.2) is 0 Å². The van der Waals surface area contributed by atoms with E-state index in [1.165, 1.54) is 0 Å². The Labute approximate surface area is 176 Å². The summed E-state index contributed by atoms with van der Waals surface area (Å²) in [6.07, 6.45) is 5.27. The Balaban J connectivity index is 1.21. The quantitative estimate of drug-likeness (QED) is 0.782. The lowest BCUT2D eigenvalue weighted by molar-refractivity contribution is -0.151. The van der Waals surface area contributed by atoms with E-state index in [4.69, 9.17) is 4.74 Å². The van der Waals surface area contributed by atoms with Crippen LogP contribution in [-0.4, -0.2) is 76.1 Å². The maximum Gasteiger partial charge on any atom is 0.312 e. The monoisotopic (exact) mass is 411 g/mol. The first kappa shape index (κ1) is 19.6. The number of aromatic nitrogens is 1. The van der Waals surface area contributed by atoms with Gasteiger partial charge in [0.2, 0.25) is 0 Å². The van der Waals surface area contributed by atoms with Gasteiger partial charge in [-0.3, -0.25) is 14.5 Å². The summed E-state index contributed by atoms with van der Waals surface area (Å²) in [4.78, 5) is 30.0. The maximum absolute atomic E-state index is 13.1. The van der Waals surface area contributed by atoms with Crippen molar-refractivity contribution in [3.8, 4) is 0 Å². The van der Waals surface area contributed by atoms with E-state index in [9.17, 15) is 14.7 Å². The third-order valence-corrected chi connectivity index (χ3v) is 7.13. The van der Waals surface area contributed by atoms with Crippen molar-refractivity contribution < 1.29 is 19.4 Å². The van der Waals surface area contributed by atoms with E-state index in [1.807, 2.05) is 45.8 Å². The van der Waals surface area contributed by atoms with Gasteiger partial charge >= 0.3 is 5.97 Å². The minimum absolute atomic E-state index is 0.0193. The first-order valence-corrected chi connectivity index (χ1v) is 11.0. The number of hydrogen-bond acceptors (Lipinski definition) is 5. The highest BCUT2D eigenvalue weighted by molar-refractivity contribution is 5.94. The molecule has 1 unspecified atom stereocenters. The number of ether oxygens (including phenoxy) is 1. The Morgan fingerprint density at radius 3 is 2.63 bits per heavy atom. The summed E-state index contributed by atoms with van der Waals surface area (Å²) >= 11 is 0. The molecule has 1 atom stereocenters. The summed E-state index contributed by atoms with van der Waals surface area (Å²) in [5, 5.41) is 9.68. The molecule has 3 saturated heterocycles. The van der Waals surface area contributed by atoms with Crippen LogP contribution in [0.4, 0.5) is 0 Å². The average Bonchev–Trinajstić information content (AvgIpc) is 3.31. The summed E-state index contributed by atoms with van der Waals surface area (Å²) in [6, 6.07) is 9.70. The average molecular weight is 412 g/mol. The first-order valence-electron chi connectivity index (χ1n) is 11.0. The largest absolute Gasteiger partial charge is 0.461 e. The lowest BCUT2D eigenvalue weighted by Gasteiger charge is -2.36. The predicted octanol–water partition coefficient (Wildman–Crippen LogP) is 1.93. The van der Waals surface area contributed by atoms with Crippen molar-refractivity contribution in [3.63, 3.8) is 0 Å². The van der Waals surface area contributed by atoms with Crippen LogP contribution in [0.2, 0.25) is 0 Å². The van der Waals surface area contributed by atoms with E-state index >= 15 is 0 Å². The lowest BCUT2D eigenvalue weighted by atomic mass is 9.76. The highest BCUT2D eigenvalue weighted by Crippen LogP contribution is 2.43. The van der Waals surface area contributed by atoms with Gasteiger partial charge in [0.25, 0.3) is 5.91 Å². The van der Waals surface area contributed by atoms with Gasteiger partial charge in [-0.25, -0.2) is 0 Å². The molecule has 1 N–H and O–H groups in total. The first-order chi connectivity index (χ1) is 14.5. The van der Waals surface area contributed by atoms with Gasteiger partial charge < -0.3 is 19.1 Å². The number of aliphatic hydroxyl groups excluding tert-OH is 1. The Hall–Kier alpha value is -2.38. The number of hydrogen-bond donors (Lipinski definition) is 1. The van der Waals surface area contributed by atoms with E-state index in [-0.39, 0.29) is 24.1 Å². The number of pyridine rings is 1. The van der Waals surface area contributed by atoms with Crippen LogP contribution in [0.15, 0.2) is 36.5 Å². The standard InChI is InChI=1S/C23H29N3O4/c27-18-6-11-24(12-7-18)16-19-15-23(22(29)30-19)8-13-25(14-9-23)21(28)20-5-4-17-3-1-2-10-26(17)20/h1-5,10,18-19,27H,6-9,11-16H2. The molecule has 3 aliphatic rings. The summed E-state index contributed by atoms with van der Waals surface area (Å²) in [7, 11) is 0. The molecule has 5 rings (SSSR count). The number of carbonyl (C=O) groups excluding carboxylic acids is 2. The minimum atomic E-state index is -0.446. The summed E-state index contributed by atoms with van der Waals surface area (Å²) in [5.74, 6) is -0.0735. The van der Waals surface area contributed by atoms with Crippen LogP contribution < -0.4 is 0 Å². The van der Waals surface area contributed by atoms with E-state index in [2.05, 4.69) is 4.90 Å². The number of carbonyl (C=O) groups is 2. The van der Waals surface area contributed by atoms with E-state index < -0.39 is 5.41 Å². The molecule has 3 aliphatic heterocycles. The highest BCUT2D eigenvalue weighted by atomic mass is 16.6. The Morgan fingerprint density at radius 1 is 1.10 bits per heavy atom. The van der Waals surface area contributed by atoms with Crippen LogP contribution in [0.3, 0.4) is 0 Å². The van der Waals surface area contributed by atoms with Crippen LogP contribution in [0.1, 0.15) is 42.6 Å². The maximum atomic E-state index is 13.1. The molecule has 0 bridgehead atoms. The van der Waals surface area contributed by atoms with Gasteiger partial charge in [-0.2, -0.15) is 0 Å². The molecule has 0 saturated carbocycles. The van der Waals surface area contributed by atoms with E-state index in [0.29, 0.717) is 31.6 Å². The number of piperidine rings is 2. The van der Waals surface area contributed by atoms with Crippen LogP contribution in [0, 0.1) is 5.41 Å². The van der Waals surface area contributed by atoms with Crippen molar-refractivity contribution in [1.82, 2.24) is 14.2 Å². The SMILES string of the molecule is O=C(c1ccc2ccccn12)N1CCC2(CC1)CC(CN1CCC(O)CC1)OC2=O. The summed E-state index contributed by atoms with van der Waals surface area (Å²) in [5.41, 5.74) is 1.22. The number of nitrogens with zero attached hydrogens (tertiary/aromatic N) is 3. The number of esters is 1. The second-order valence-corrected chi connectivity index (χ2v) is 9.05. The van der Waals surface area contributed by atoms with Crippen molar-refractivity contribution in [2.45, 2.75) is 44.3 Å². The highest BCUT2D eigenvalue weighted by Gasteiger charge is 2.51. The Bertz CT molecular complexity index is 939. The number of fused-ring (bicyclic) bond motifs is 1. The molecular formula is C23H29N3O4. The third-order valence-electron chi connectivity index (χ3n) is 7.13. The molecule has 0 radical (unpaired) electrons. The van der Waals surface area contributed by atoms with Crippen molar-refractivity contribution in [2.24, 2.45) is 5.41 Å². The number of cyclic esters (lactones) is 1. The van der Waals surface area contributed by atoms with E-state index in [0.717, 1.165) is 44.4 Å². The fourth-order valence-electron chi connectivity index (χ4n) is 5.27. The fraction of sp³-hybridized carbons (Fsp3) is 0.565. The second kappa shape index (κ2) is 7.71. The van der Waals surface area contributed by atoms with Crippen molar-refractivity contribution >= 4 is 17.4 Å². The number of aliphatic hydroxyl groups is 1. The molecule has 3 fully saturated rings. The van der Waals surface area contributed by atoms with Crippen LogP contribution >= 0.6 is 0 Å². The van der Waals surface area contributed by atoms with Gasteiger partial charge in [-0.15, -0.1) is 0 Å². The number of likely N-dealkylation sites (tertiary alicyclic amines) is 2. The molecule has 7 nitrogen and oxygen atoms in total. The zero-order valence-electron chi connectivity index (χ0n) is 17.2. The zero-order chi connectivity index (χ0) is 20.7. The molecule has 1 spiro atoms. The summed E-state index contributed by atoms with van der Waals surface area (Å²) in [6.45, 7) is 3.62. The molecule has 160 valence electrons. The van der Waals surface area contributed by atoms with Crippen LogP contribution in [-0.2, 0) is 9.53 Å². The molecule has 0 aromatic carbocycles. The normalized spacial score (nSPS) is 25.2. The summed E-state index contributed by atoms with van der Waals surface area (Å²) < 4.78 is 7.68. The topological polar surface area (TPSA) is 74.5 Å².